The van der Waals surface area contributed by atoms with Crippen LogP contribution in [0.2, 0.25) is 0 Å². The molecule has 104 valence electrons. The molecular weight excluding hydrogens is 278 g/mol. The third-order valence-electron chi connectivity index (χ3n) is 2.94. The molecule has 20 heavy (non-hydrogen) atoms. The van der Waals surface area contributed by atoms with Gasteiger partial charge in [0.1, 0.15) is 0 Å². The van der Waals surface area contributed by atoms with Gasteiger partial charge in [-0.1, -0.05) is 0 Å². The summed E-state index contributed by atoms with van der Waals surface area (Å²) in [4.78, 5) is 16.2. The largest absolute Gasteiger partial charge is 0.454 e. The Kier molecular flexibility index (Phi) is 3.42. The van der Waals surface area contributed by atoms with Gasteiger partial charge in [-0.05, 0) is 6.07 Å². The second-order valence-corrected chi connectivity index (χ2v) is 5.00. The van der Waals surface area contributed by atoms with Crippen LogP contribution in [0.15, 0.2) is 23.0 Å². The molecule has 0 fully saturated rings. The Morgan fingerprint density at radius 3 is 2.95 bits per heavy atom. The minimum atomic E-state index is -0.226. The van der Waals surface area contributed by atoms with E-state index in [9.17, 15) is 4.79 Å². The molecule has 3 rings (SSSR count). The van der Waals surface area contributed by atoms with Gasteiger partial charge in [0.15, 0.2) is 11.5 Å². The molecule has 0 spiro atoms. The van der Waals surface area contributed by atoms with Gasteiger partial charge < -0.3 is 20.5 Å². The Morgan fingerprint density at radius 1 is 1.40 bits per heavy atom. The molecule has 0 radical (unpaired) electrons. The van der Waals surface area contributed by atoms with Crippen LogP contribution in [0, 0.1) is 0 Å². The average Bonchev–Trinajstić information content (AvgIpc) is 3.08. The van der Waals surface area contributed by atoms with Crippen molar-refractivity contribution in [2.45, 2.75) is 6.42 Å². The molecule has 2 aromatic rings. The molecule has 1 amide bonds. The van der Waals surface area contributed by atoms with Gasteiger partial charge >= 0.3 is 0 Å². The van der Waals surface area contributed by atoms with E-state index >= 15 is 0 Å². The van der Waals surface area contributed by atoms with E-state index in [4.69, 9.17) is 15.2 Å². The van der Waals surface area contributed by atoms with Crippen molar-refractivity contribution in [1.82, 2.24) is 10.3 Å². The van der Waals surface area contributed by atoms with E-state index in [2.05, 4.69) is 10.3 Å². The Labute approximate surface area is 119 Å². The number of hydrogen-bond acceptors (Lipinski definition) is 6. The van der Waals surface area contributed by atoms with Gasteiger partial charge in [-0.2, -0.15) is 0 Å². The number of hydrogen-bond donors (Lipinski definition) is 2. The molecule has 0 saturated heterocycles. The van der Waals surface area contributed by atoms with Gasteiger partial charge in [0.25, 0.3) is 5.91 Å². The van der Waals surface area contributed by atoms with E-state index in [1.165, 1.54) is 11.3 Å². The zero-order chi connectivity index (χ0) is 13.9. The highest BCUT2D eigenvalue weighted by atomic mass is 32.1. The number of nitrogens with two attached hydrogens (primary N) is 1. The van der Waals surface area contributed by atoms with Gasteiger partial charge in [-0.15, -0.1) is 11.3 Å². The van der Waals surface area contributed by atoms with Crippen LogP contribution in [0.1, 0.15) is 16.1 Å². The number of nitrogens with zero attached hydrogens (tertiary/aromatic N) is 1. The van der Waals surface area contributed by atoms with Gasteiger partial charge in [-0.25, -0.2) is 4.98 Å². The summed E-state index contributed by atoms with van der Waals surface area (Å²) in [5.41, 5.74) is 9.36. The number of carbonyl (C=O) groups is 1. The molecular formula is C13H13N3O3S. The third-order valence-corrected chi connectivity index (χ3v) is 3.57. The predicted molar refractivity (Wildman–Crippen MR) is 75.1 cm³/mol. The van der Waals surface area contributed by atoms with Crippen molar-refractivity contribution in [1.29, 1.82) is 0 Å². The fraction of sp³-hybridized carbons (Fsp3) is 0.231. The number of rotatable bonds is 4. The van der Waals surface area contributed by atoms with Gasteiger partial charge in [0.05, 0.1) is 16.8 Å². The Bertz CT molecular complexity index is 628. The highest BCUT2D eigenvalue weighted by Gasteiger charge is 2.19. The Balaban J connectivity index is 1.65. The molecule has 1 aliphatic heterocycles. The second-order valence-electron chi connectivity index (χ2n) is 4.28. The molecule has 0 atom stereocenters. The average molecular weight is 291 g/mol. The first kappa shape index (κ1) is 12.7. The number of nitrogens with one attached hydrogen (secondary N) is 1. The van der Waals surface area contributed by atoms with E-state index in [0.717, 1.165) is 5.69 Å². The molecule has 1 aliphatic rings. The normalized spacial score (nSPS) is 12.4. The van der Waals surface area contributed by atoms with Crippen molar-refractivity contribution in [3.05, 3.63) is 34.3 Å². The molecule has 1 aromatic carbocycles. The van der Waals surface area contributed by atoms with E-state index < -0.39 is 0 Å². The minimum absolute atomic E-state index is 0.156. The van der Waals surface area contributed by atoms with Crippen LogP contribution in [-0.4, -0.2) is 24.2 Å². The van der Waals surface area contributed by atoms with Crippen LogP contribution in [0.4, 0.5) is 5.69 Å². The maximum absolute atomic E-state index is 12.1. The molecule has 3 N–H and O–H groups in total. The lowest BCUT2D eigenvalue weighted by Gasteiger charge is -2.08. The monoisotopic (exact) mass is 291 g/mol. The number of fused-ring (bicyclic) bond motifs is 1. The number of carbonyl (C=O) groups excluding carboxylic acids is 1. The number of anilines is 1. The first-order valence-electron chi connectivity index (χ1n) is 6.08. The Morgan fingerprint density at radius 2 is 2.20 bits per heavy atom. The van der Waals surface area contributed by atoms with E-state index in [0.29, 0.717) is 35.7 Å². The van der Waals surface area contributed by atoms with Crippen molar-refractivity contribution < 1.29 is 14.3 Å². The SMILES string of the molecule is Nc1cc2c(cc1C(=O)NCCc1cscn1)OCO2. The van der Waals surface area contributed by atoms with E-state index in [1.54, 1.807) is 17.6 Å². The maximum Gasteiger partial charge on any atom is 0.253 e. The number of nitrogen functional groups attached to an aromatic ring is 1. The van der Waals surface area contributed by atoms with E-state index in [-0.39, 0.29) is 12.7 Å². The summed E-state index contributed by atoms with van der Waals surface area (Å²) < 4.78 is 10.4. The summed E-state index contributed by atoms with van der Waals surface area (Å²) in [5, 5.41) is 4.78. The van der Waals surface area contributed by atoms with Crippen LogP contribution in [0.25, 0.3) is 0 Å². The first-order valence-corrected chi connectivity index (χ1v) is 7.02. The summed E-state index contributed by atoms with van der Waals surface area (Å²) in [7, 11) is 0. The lowest BCUT2D eigenvalue weighted by molar-refractivity contribution is 0.0954. The predicted octanol–water partition coefficient (Wildman–Crippen LogP) is 1.43. The van der Waals surface area contributed by atoms with Crippen molar-refractivity contribution in [3.8, 4) is 11.5 Å². The molecule has 0 unspecified atom stereocenters. The standard InChI is InChI=1S/C13H13N3O3S/c14-10-4-12-11(18-7-19-12)3-9(10)13(17)15-2-1-8-5-20-6-16-8/h3-6H,1-2,7,14H2,(H,15,17). The molecule has 1 aromatic heterocycles. The molecule has 0 aliphatic carbocycles. The summed E-state index contributed by atoms with van der Waals surface area (Å²) >= 11 is 1.54. The fourth-order valence-electron chi connectivity index (χ4n) is 1.91. The lowest BCUT2D eigenvalue weighted by Crippen LogP contribution is -2.26. The number of thiazole rings is 1. The molecule has 0 bridgehead atoms. The van der Waals surface area contributed by atoms with Crippen LogP contribution in [0.5, 0.6) is 11.5 Å². The zero-order valence-corrected chi connectivity index (χ0v) is 11.4. The van der Waals surface area contributed by atoms with Crippen molar-refractivity contribution in [2.24, 2.45) is 0 Å². The summed E-state index contributed by atoms with van der Waals surface area (Å²) in [6, 6.07) is 3.22. The van der Waals surface area contributed by atoms with Crippen molar-refractivity contribution >= 4 is 22.9 Å². The smallest absolute Gasteiger partial charge is 0.253 e. The van der Waals surface area contributed by atoms with Crippen molar-refractivity contribution in [3.63, 3.8) is 0 Å². The molecule has 2 heterocycles. The zero-order valence-electron chi connectivity index (χ0n) is 10.6. The van der Waals surface area contributed by atoms with Gasteiger partial charge in [-0.3, -0.25) is 4.79 Å². The molecule has 7 heteroatoms. The molecule has 0 saturated carbocycles. The van der Waals surface area contributed by atoms with Gasteiger partial charge in [0.2, 0.25) is 6.79 Å². The van der Waals surface area contributed by atoms with E-state index in [1.807, 2.05) is 5.38 Å². The van der Waals surface area contributed by atoms with Crippen molar-refractivity contribution in [2.75, 3.05) is 19.1 Å². The lowest BCUT2D eigenvalue weighted by atomic mass is 10.1. The highest BCUT2D eigenvalue weighted by Crippen LogP contribution is 2.35. The fourth-order valence-corrected chi connectivity index (χ4v) is 2.51. The van der Waals surface area contributed by atoms with Gasteiger partial charge in [0, 0.05) is 30.1 Å². The Hall–Kier alpha value is -2.28. The molecule has 6 nitrogen and oxygen atoms in total. The maximum atomic E-state index is 12.1. The summed E-state index contributed by atoms with van der Waals surface area (Å²) in [5.74, 6) is 0.890. The summed E-state index contributed by atoms with van der Waals surface area (Å²) in [6.45, 7) is 0.667. The third kappa shape index (κ3) is 2.53. The van der Waals surface area contributed by atoms with Crippen LogP contribution < -0.4 is 20.5 Å². The second kappa shape index (κ2) is 5.38. The van der Waals surface area contributed by atoms with Crippen LogP contribution in [0.3, 0.4) is 0 Å². The number of benzene rings is 1. The summed E-state index contributed by atoms with van der Waals surface area (Å²) in [6.07, 6.45) is 0.694. The number of ether oxygens (including phenoxy) is 2. The minimum Gasteiger partial charge on any atom is -0.454 e. The van der Waals surface area contributed by atoms with Crippen LogP contribution in [-0.2, 0) is 6.42 Å². The number of aromatic nitrogens is 1. The topological polar surface area (TPSA) is 86.5 Å². The number of amides is 1. The highest BCUT2D eigenvalue weighted by molar-refractivity contribution is 7.07. The first-order chi connectivity index (χ1) is 9.74. The quantitative estimate of drug-likeness (QED) is 0.832. The van der Waals surface area contributed by atoms with Crippen LogP contribution >= 0.6 is 11.3 Å².